The van der Waals surface area contributed by atoms with Crippen molar-refractivity contribution in [3.63, 3.8) is 0 Å². The van der Waals surface area contributed by atoms with Crippen molar-refractivity contribution < 1.29 is 25.2 Å². The van der Waals surface area contributed by atoms with Crippen molar-refractivity contribution in [2.45, 2.75) is 30.9 Å². The van der Waals surface area contributed by atoms with E-state index in [4.69, 9.17) is 8.37 Å². The molecule has 1 aromatic carbocycles. The highest BCUT2D eigenvalue weighted by Gasteiger charge is 2.47. The van der Waals surface area contributed by atoms with Gasteiger partial charge >= 0.3 is 0 Å². The number of hydrogen-bond acceptors (Lipinski definition) is 7. The van der Waals surface area contributed by atoms with Crippen LogP contribution in [-0.4, -0.2) is 66.6 Å². The highest BCUT2D eigenvalue weighted by atomic mass is 32.2. The molecule has 4 atom stereocenters. The highest BCUT2D eigenvalue weighted by molar-refractivity contribution is 7.86. The number of likely N-dealkylation sites (tertiary alicyclic amines) is 1. The van der Waals surface area contributed by atoms with Crippen LogP contribution in [0.2, 0.25) is 0 Å². The summed E-state index contributed by atoms with van der Waals surface area (Å²) in [5.41, 5.74) is 2.27. The van der Waals surface area contributed by atoms with Gasteiger partial charge in [0.2, 0.25) is 0 Å². The zero-order valence-corrected chi connectivity index (χ0v) is 16.8. The van der Waals surface area contributed by atoms with Crippen LogP contribution >= 0.6 is 0 Å². The molecule has 26 heavy (non-hydrogen) atoms. The Morgan fingerprint density at radius 3 is 2.46 bits per heavy atom. The number of fused-ring (bicyclic) bond motifs is 3. The predicted octanol–water partition coefficient (Wildman–Crippen LogP) is 0.968. The van der Waals surface area contributed by atoms with E-state index in [1.54, 1.807) is 0 Å². The third-order valence-corrected chi connectivity index (χ3v) is 6.36. The summed E-state index contributed by atoms with van der Waals surface area (Å²) in [6, 6.07) is 8.13. The van der Waals surface area contributed by atoms with Gasteiger partial charge in [0.05, 0.1) is 25.2 Å². The average molecular weight is 404 g/mol. The zero-order chi connectivity index (χ0) is 19.1. The van der Waals surface area contributed by atoms with E-state index in [2.05, 4.69) is 11.0 Å². The lowest BCUT2D eigenvalue weighted by Gasteiger charge is -2.50. The quantitative estimate of drug-likeness (QED) is 0.677. The molecule has 0 unspecified atom stereocenters. The zero-order valence-electron chi connectivity index (χ0n) is 15.2. The van der Waals surface area contributed by atoms with E-state index in [1.165, 1.54) is 5.56 Å². The minimum atomic E-state index is -3.70. The van der Waals surface area contributed by atoms with Gasteiger partial charge in [-0.05, 0) is 31.0 Å². The number of rotatable bonds is 5. The molecule has 3 rings (SSSR count). The van der Waals surface area contributed by atoms with Gasteiger partial charge in [-0.25, -0.2) is 0 Å². The van der Waals surface area contributed by atoms with Crippen LogP contribution in [0.1, 0.15) is 23.5 Å². The second kappa shape index (κ2) is 7.20. The molecule has 0 radical (unpaired) electrons. The molecular formula is C17H25NO6S2. The van der Waals surface area contributed by atoms with E-state index in [1.807, 2.05) is 25.2 Å². The van der Waals surface area contributed by atoms with Crippen LogP contribution in [0.25, 0.3) is 0 Å². The fraction of sp³-hybridized carbons (Fsp3) is 0.647. The van der Waals surface area contributed by atoms with Crippen molar-refractivity contribution in [1.29, 1.82) is 0 Å². The largest absolute Gasteiger partial charge is 0.302 e. The first-order valence-electron chi connectivity index (χ1n) is 8.56. The van der Waals surface area contributed by atoms with E-state index in [-0.39, 0.29) is 24.5 Å². The molecule has 2 aliphatic rings. The topological polar surface area (TPSA) is 90.0 Å². The molecule has 1 aliphatic carbocycles. The summed E-state index contributed by atoms with van der Waals surface area (Å²) in [6.07, 6.45) is 3.20. The lowest BCUT2D eigenvalue weighted by atomic mass is 9.70. The van der Waals surface area contributed by atoms with Crippen molar-refractivity contribution in [3.8, 4) is 0 Å². The van der Waals surface area contributed by atoms with Crippen molar-refractivity contribution >= 4 is 20.2 Å². The maximum absolute atomic E-state index is 11.9. The lowest BCUT2D eigenvalue weighted by molar-refractivity contribution is -0.0200. The van der Waals surface area contributed by atoms with Crippen molar-refractivity contribution in [1.82, 2.24) is 4.90 Å². The van der Waals surface area contributed by atoms with Crippen molar-refractivity contribution in [2.75, 3.05) is 32.7 Å². The van der Waals surface area contributed by atoms with Gasteiger partial charge in [-0.15, -0.1) is 0 Å². The summed E-state index contributed by atoms with van der Waals surface area (Å²) in [5.74, 6) is -0.529. The molecule has 7 nitrogen and oxygen atoms in total. The van der Waals surface area contributed by atoms with Crippen LogP contribution in [0.3, 0.4) is 0 Å². The van der Waals surface area contributed by atoms with Crippen LogP contribution in [0.5, 0.6) is 0 Å². The van der Waals surface area contributed by atoms with Crippen LogP contribution < -0.4 is 0 Å². The first-order valence-corrected chi connectivity index (χ1v) is 12.2. The number of nitrogens with zero attached hydrogens (tertiary/aromatic N) is 1. The van der Waals surface area contributed by atoms with Gasteiger partial charge in [0.1, 0.15) is 0 Å². The standard InChI is InChI=1S/C17H25NO6S2/c1-18-10-13(11-23-25(2,19)20)17(24-26(3,21)22)16-14-7-5-4-6-12(14)8-9-15(16)18/h4-7,13,15-17H,8-11H2,1-3H3/t13-,15+,16+,17+/m0/s1. The third-order valence-electron chi connectivity index (χ3n) is 5.23. The number of piperidine rings is 1. The van der Waals surface area contributed by atoms with E-state index in [9.17, 15) is 16.8 Å². The van der Waals surface area contributed by atoms with E-state index >= 15 is 0 Å². The van der Waals surface area contributed by atoms with Crippen molar-refractivity contribution in [2.24, 2.45) is 5.92 Å². The highest BCUT2D eigenvalue weighted by Crippen LogP contribution is 2.44. The number of aryl methyl sites for hydroxylation is 1. The Morgan fingerprint density at radius 1 is 1.12 bits per heavy atom. The molecule has 1 aliphatic heterocycles. The van der Waals surface area contributed by atoms with Crippen LogP contribution in [-0.2, 0) is 35.0 Å². The van der Waals surface area contributed by atoms with Gasteiger partial charge in [0.15, 0.2) is 0 Å². The second-order valence-corrected chi connectivity index (χ2v) is 10.5. The first kappa shape index (κ1) is 19.8. The van der Waals surface area contributed by atoms with E-state index < -0.39 is 26.3 Å². The van der Waals surface area contributed by atoms with Crippen LogP contribution in [0.4, 0.5) is 0 Å². The number of benzene rings is 1. The molecule has 0 saturated carbocycles. The summed E-state index contributed by atoms with van der Waals surface area (Å²) in [5, 5.41) is 0. The Balaban J connectivity index is 2.00. The van der Waals surface area contributed by atoms with Crippen LogP contribution in [0, 0.1) is 5.92 Å². The smallest absolute Gasteiger partial charge is 0.264 e. The Morgan fingerprint density at radius 2 is 1.81 bits per heavy atom. The second-order valence-electron chi connectivity index (χ2n) is 7.28. The fourth-order valence-electron chi connectivity index (χ4n) is 4.27. The summed E-state index contributed by atoms with van der Waals surface area (Å²) >= 11 is 0. The molecule has 9 heteroatoms. The molecular weight excluding hydrogens is 378 g/mol. The molecule has 0 aromatic heterocycles. The number of hydrogen-bond donors (Lipinski definition) is 0. The Kier molecular flexibility index (Phi) is 5.47. The SMILES string of the molecule is CN1C[C@@H](COS(C)(=O)=O)[C@@H](OS(C)(=O)=O)[C@@H]2c3ccccc3CC[C@H]21. The summed E-state index contributed by atoms with van der Waals surface area (Å²) in [7, 11) is -5.34. The molecule has 0 amide bonds. The molecule has 1 aromatic rings. The Hall–Kier alpha value is -1.00. The average Bonchev–Trinajstić information content (AvgIpc) is 2.53. The Bertz CT molecular complexity index is 867. The molecule has 146 valence electrons. The van der Waals surface area contributed by atoms with E-state index in [0.29, 0.717) is 6.54 Å². The van der Waals surface area contributed by atoms with Gasteiger partial charge in [-0.3, -0.25) is 8.37 Å². The number of likely N-dealkylation sites (N-methyl/N-ethyl adjacent to an activating group) is 1. The van der Waals surface area contributed by atoms with Gasteiger partial charge < -0.3 is 4.90 Å². The summed E-state index contributed by atoms with van der Waals surface area (Å²) in [6.45, 7) is 0.411. The maximum Gasteiger partial charge on any atom is 0.264 e. The molecule has 0 spiro atoms. The predicted molar refractivity (Wildman–Crippen MR) is 97.9 cm³/mol. The van der Waals surface area contributed by atoms with Gasteiger partial charge in [-0.1, -0.05) is 24.3 Å². The first-order chi connectivity index (χ1) is 12.1. The van der Waals surface area contributed by atoms with Gasteiger partial charge in [-0.2, -0.15) is 16.8 Å². The Labute approximate surface area is 155 Å². The van der Waals surface area contributed by atoms with Gasteiger partial charge in [0.25, 0.3) is 20.2 Å². The minimum absolute atomic E-state index is 0.102. The normalized spacial score (nSPS) is 29.8. The summed E-state index contributed by atoms with van der Waals surface area (Å²) < 4.78 is 57.2. The molecule has 0 N–H and O–H groups in total. The summed E-state index contributed by atoms with van der Waals surface area (Å²) in [4.78, 5) is 2.17. The molecule has 1 fully saturated rings. The maximum atomic E-state index is 11.9. The molecule has 1 heterocycles. The van der Waals surface area contributed by atoms with Gasteiger partial charge in [0, 0.05) is 24.4 Å². The molecule has 1 saturated heterocycles. The van der Waals surface area contributed by atoms with Crippen LogP contribution in [0.15, 0.2) is 24.3 Å². The fourth-order valence-corrected chi connectivity index (χ4v) is 5.37. The lowest BCUT2D eigenvalue weighted by Crippen LogP contribution is -2.56. The third kappa shape index (κ3) is 4.45. The van der Waals surface area contributed by atoms with E-state index in [0.717, 1.165) is 30.9 Å². The van der Waals surface area contributed by atoms with Crippen molar-refractivity contribution in [3.05, 3.63) is 35.4 Å². The minimum Gasteiger partial charge on any atom is -0.302 e. The molecule has 0 bridgehead atoms. The monoisotopic (exact) mass is 403 g/mol.